The van der Waals surface area contributed by atoms with Gasteiger partial charge >= 0.3 is 0 Å². The normalized spacial score (nSPS) is 12.8. The maximum absolute atomic E-state index is 5.20. The molecule has 1 heterocycles. The summed E-state index contributed by atoms with van der Waals surface area (Å²) in [4.78, 5) is 5.20. The quantitative estimate of drug-likeness (QED) is 0.468. The van der Waals surface area contributed by atoms with E-state index in [-0.39, 0.29) is 0 Å². The van der Waals surface area contributed by atoms with Crippen LogP contribution in [0.15, 0.2) is 60.7 Å². The number of fused-ring (bicyclic) bond motifs is 1. The number of hydrogen-bond donors (Lipinski definition) is 0. The van der Waals surface area contributed by atoms with E-state index in [0.29, 0.717) is 5.16 Å². The first kappa shape index (κ1) is 18.1. The van der Waals surface area contributed by atoms with Crippen molar-refractivity contribution in [2.45, 2.75) is 44.4 Å². The summed E-state index contributed by atoms with van der Waals surface area (Å²) in [6.07, 6.45) is 0. The molecule has 0 radical (unpaired) electrons. The van der Waals surface area contributed by atoms with E-state index < -0.39 is 16.1 Å². The lowest BCUT2D eigenvalue weighted by atomic mass is 10.0. The molecule has 3 rings (SSSR count). The zero-order chi connectivity index (χ0) is 18.2. The standard InChI is InChI=1S/C22H29NSi2/c1-24(2,3)22(25(4,5)6)21-16-10-15-20(23-21)19-14-9-12-17-11-7-8-13-18(17)19/h7-16,22H,1-6H3. The molecule has 1 nitrogen and oxygen atoms in total. The number of aromatic nitrogens is 1. The molecule has 0 N–H and O–H groups in total. The van der Waals surface area contributed by atoms with Crippen molar-refractivity contribution in [1.82, 2.24) is 4.98 Å². The molecule has 0 atom stereocenters. The van der Waals surface area contributed by atoms with Gasteiger partial charge in [0.25, 0.3) is 0 Å². The van der Waals surface area contributed by atoms with Crippen LogP contribution >= 0.6 is 0 Å². The molecular weight excluding hydrogens is 334 g/mol. The zero-order valence-corrected chi connectivity index (χ0v) is 18.3. The number of benzene rings is 2. The van der Waals surface area contributed by atoms with Crippen molar-refractivity contribution in [3.05, 3.63) is 66.4 Å². The monoisotopic (exact) mass is 363 g/mol. The number of pyridine rings is 1. The summed E-state index contributed by atoms with van der Waals surface area (Å²) in [5.41, 5.74) is 3.66. The smallest absolute Gasteiger partial charge is 0.0711 e. The Bertz CT molecular complexity index is 869. The first-order valence-electron chi connectivity index (χ1n) is 9.13. The second-order valence-corrected chi connectivity index (χ2v) is 20.3. The molecule has 1 aromatic heterocycles. The van der Waals surface area contributed by atoms with Gasteiger partial charge < -0.3 is 0 Å². The molecule has 0 unspecified atom stereocenters. The number of hydrogen-bond acceptors (Lipinski definition) is 1. The number of rotatable bonds is 4. The lowest BCUT2D eigenvalue weighted by molar-refractivity contribution is 1.07. The van der Waals surface area contributed by atoms with Gasteiger partial charge in [0, 0.05) is 11.3 Å². The van der Waals surface area contributed by atoms with E-state index in [2.05, 4.69) is 99.9 Å². The molecule has 0 aliphatic carbocycles. The summed E-state index contributed by atoms with van der Waals surface area (Å²) in [5, 5.41) is 3.22. The fraction of sp³-hybridized carbons (Fsp3) is 0.318. The fourth-order valence-electron chi connectivity index (χ4n) is 4.40. The molecule has 0 aliphatic heterocycles. The van der Waals surface area contributed by atoms with E-state index in [1.165, 1.54) is 22.0 Å². The molecule has 3 heteroatoms. The van der Waals surface area contributed by atoms with Crippen LogP contribution in [-0.2, 0) is 0 Å². The average Bonchev–Trinajstić information content (AvgIpc) is 2.52. The van der Waals surface area contributed by atoms with Crippen molar-refractivity contribution in [2.24, 2.45) is 0 Å². The predicted octanol–water partition coefficient (Wildman–Crippen LogP) is 6.74. The Morgan fingerprint density at radius 2 is 1.28 bits per heavy atom. The Labute approximate surface area is 154 Å². The third kappa shape index (κ3) is 3.77. The highest BCUT2D eigenvalue weighted by atomic mass is 28.4. The van der Waals surface area contributed by atoms with Crippen molar-refractivity contribution in [1.29, 1.82) is 0 Å². The molecule has 0 saturated heterocycles. The lowest BCUT2D eigenvalue weighted by Crippen LogP contribution is -2.46. The van der Waals surface area contributed by atoms with Crippen LogP contribution in [-0.4, -0.2) is 21.1 Å². The van der Waals surface area contributed by atoms with Crippen molar-refractivity contribution in [3.8, 4) is 11.3 Å². The molecule has 0 fully saturated rings. The molecule has 130 valence electrons. The van der Waals surface area contributed by atoms with Gasteiger partial charge in [-0.1, -0.05) is 87.8 Å². The van der Waals surface area contributed by atoms with Gasteiger partial charge in [-0.3, -0.25) is 4.98 Å². The molecule has 0 amide bonds. The van der Waals surface area contributed by atoms with Gasteiger partial charge in [-0.2, -0.15) is 0 Å². The molecular formula is C22H29NSi2. The Morgan fingerprint density at radius 1 is 0.680 bits per heavy atom. The fourth-order valence-corrected chi connectivity index (χ4v) is 16.9. The van der Waals surface area contributed by atoms with Crippen molar-refractivity contribution < 1.29 is 0 Å². The molecule has 0 aliphatic rings. The van der Waals surface area contributed by atoms with E-state index >= 15 is 0 Å². The summed E-state index contributed by atoms with van der Waals surface area (Å²) in [5.74, 6) is 0. The van der Waals surface area contributed by atoms with Crippen molar-refractivity contribution in [2.75, 3.05) is 0 Å². The Balaban J connectivity index is 2.16. The summed E-state index contributed by atoms with van der Waals surface area (Å²) >= 11 is 0. The maximum atomic E-state index is 5.20. The molecule has 0 bridgehead atoms. The Hall–Kier alpha value is -1.72. The van der Waals surface area contributed by atoms with Gasteiger partial charge in [-0.15, -0.1) is 0 Å². The predicted molar refractivity (Wildman–Crippen MR) is 117 cm³/mol. The minimum Gasteiger partial charge on any atom is -0.253 e. The van der Waals surface area contributed by atoms with Gasteiger partial charge in [-0.25, -0.2) is 0 Å². The summed E-state index contributed by atoms with van der Waals surface area (Å²) in [7, 11) is -2.68. The highest BCUT2D eigenvalue weighted by Gasteiger charge is 2.39. The highest BCUT2D eigenvalue weighted by molar-refractivity contribution is 6.96. The lowest BCUT2D eigenvalue weighted by Gasteiger charge is -2.38. The van der Waals surface area contributed by atoms with Crippen molar-refractivity contribution in [3.63, 3.8) is 0 Å². The van der Waals surface area contributed by atoms with Gasteiger partial charge in [0.05, 0.1) is 21.8 Å². The summed E-state index contributed by atoms with van der Waals surface area (Å²) in [6.45, 7) is 14.9. The van der Waals surface area contributed by atoms with Crippen LogP contribution in [0.3, 0.4) is 0 Å². The highest BCUT2D eigenvalue weighted by Crippen LogP contribution is 2.36. The molecule has 25 heavy (non-hydrogen) atoms. The van der Waals surface area contributed by atoms with Gasteiger partial charge in [0.2, 0.25) is 0 Å². The van der Waals surface area contributed by atoms with Gasteiger partial charge in [0.15, 0.2) is 0 Å². The molecule has 0 spiro atoms. The van der Waals surface area contributed by atoms with Crippen molar-refractivity contribution >= 4 is 26.9 Å². The first-order chi connectivity index (χ1) is 11.7. The first-order valence-corrected chi connectivity index (χ1v) is 16.3. The van der Waals surface area contributed by atoms with Gasteiger partial charge in [0.1, 0.15) is 0 Å². The minimum atomic E-state index is -1.34. The third-order valence-corrected chi connectivity index (χ3v) is 14.1. The van der Waals surface area contributed by atoms with E-state index in [1.807, 2.05) is 0 Å². The third-order valence-electron chi connectivity index (χ3n) is 4.86. The van der Waals surface area contributed by atoms with Crippen LogP contribution in [0.25, 0.3) is 22.0 Å². The van der Waals surface area contributed by atoms with E-state index in [1.54, 1.807) is 0 Å². The SMILES string of the molecule is C[Si](C)(C)C(c1cccc(-c2cccc3ccccc23)n1)[Si](C)(C)C. The topological polar surface area (TPSA) is 12.9 Å². The number of nitrogens with zero attached hydrogens (tertiary/aromatic N) is 1. The second kappa shape index (κ2) is 6.54. The zero-order valence-electron chi connectivity index (χ0n) is 16.3. The van der Waals surface area contributed by atoms with E-state index in [9.17, 15) is 0 Å². The summed E-state index contributed by atoms with van der Waals surface area (Å²) < 4.78 is 0. The maximum Gasteiger partial charge on any atom is 0.0711 e. The molecule has 3 aromatic rings. The Kier molecular flexibility index (Phi) is 4.73. The van der Waals surface area contributed by atoms with E-state index in [0.717, 1.165) is 5.69 Å². The molecule has 0 saturated carbocycles. The Morgan fingerprint density at radius 3 is 1.96 bits per heavy atom. The second-order valence-electron chi connectivity index (χ2n) is 9.14. The van der Waals surface area contributed by atoms with Crippen LogP contribution in [0.2, 0.25) is 39.3 Å². The van der Waals surface area contributed by atoms with Gasteiger partial charge in [-0.05, 0) is 28.1 Å². The average molecular weight is 364 g/mol. The van der Waals surface area contributed by atoms with Crippen LogP contribution in [0.4, 0.5) is 0 Å². The van der Waals surface area contributed by atoms with Crippen LogP contribution in [0, 0.1) is 0 Å². The largest absolute Gasteiger partial charge is 0.253 e. The minimum absolute atomic E-state index is 0.662. The van der Waals surface area contributed by atoms with E-state index in [4.69, 9.17) is 4.98 Å². The van der Waals surface area contributed by atoms with Crippen LogP contribution in [0.5, 0.6) is 0 Å². The summed E-state index contributed by atoms with van der Waals surface area (Å²) in [6, 6.07) is 21.7. The van der Waals surface area contributed by atoms with Crippen LogP contribution in [0.1, 0.15) is 10.9 Å². The van der Waals surface area contributed by atoms with Crippen LogP contribution < -0.4 is 0 Å². The molecule has 2 aromatic carbocycles.